The Morgan fingerprint density at radius 1 is 1.10 bits per heavy atom. The lowest BCUT2D eigenvalue weighted by Crippen LogP contribution is -2.27. The molecule has 0 saturated carbocycles. The Morgan fingerprint density at radius 2 is 1.90 bits per heavy atom. The summed E-state index contributed by atoms with van der Waals surface area (Å²) >= 11 is 0. The molecule has 0 bridgehead atoms. The summed E-state index contributed by atoms with van der Waals surface area (Å²) in [6, 6.07) is 10.6. The molecule has 31 heavy (non-hydrogen) atoms. The number of carbonyl (C=O) groups is 1. The maximum absolute atomic E-state index is 12.4. The zero-order valence-corrected chi connectivity index (χ0v) is 17.8. The van der Waals surface area contributed by atoms with Gasteiger partial charge in [-0.3, -0.25) is 14.3 Å². The predicted octanol–water partition coefficient (Wildman–Crippen LogP) is 2.11. The van der Waals surface area contributed by atoms with Crippen LogP contribution in [0.2, 0.25) is 0 Å². The number of benzene rings is 1. The Hall–Kier alpha value is -3.62. The summed E-state index contributed by atoms with van der Waals surface area (Å²) in [7, 11) is 3.11. The van der Waals surface area contributed by atoms with Gasteiger partial charge in [-0.25, -0.2) is 4.68 Å². The summed E-state index contributed by atoms with van der Waals surface area (Å²) in [5.74, 6) is 1.09. The summed E-state index contributed by atoms with van der Waals surface area (Å²) in [6.07, 6.45) is 5.25. The van der Waals surface area contributed by atoms with Gasteiger partial charge in [0.05, 0.1) is 14.2 Å². The second kappa shape index (κ2) is 11.0. The fourth-order valence-electron chi connectivity index (χ4n) is 3.12. The van der Waals surface area contributed by atoms with Crippen molar-refractivity contribution in [2.24, 2.45) is 0 Å². The number of hydrogen-bond acceptors (Lipinski definition) is 6. The van der Waals surface area contributed by atoms with Crippen molar-refractivity contribution in [3.8, 4) is 22.8 Å². The highest BCUT2D eigenvalue weighted by Gasteiger charge is 2.12. The number of nitrogens with zero attached hydrogens (tertiary/aromatic N) is 4. The monoisotopic (exact) mass is 425 g/mol. The van der Waals surface area contributed by atoms with Crippen LogP contribution in [0.4, 0.5) is 0 Å². The number of aromatic nitrogens is 4. The van der Waals surface area contributed by atoms with Gasteiger partial charge in [-0.15, -0.1) is 0 Å². The van der Waals surface area contributed by atoms with Crippen molar-refractivity contribution in [1.29, 1.82) is 0 Å². The first-order valence-electron chi connectivity index (χ1n) is 10.2. The standard InChI is InChI=1S/C22H27N5O4/c1-30-18-9-7-17(8-10-18)22-19(31-2)16-21(29)27(25-22)15-3-6-20(28)23-11-4-13-26-14-5-12-24-26/h5,7-10,12,14,16H,3-4,6,11,13,15H2,1-2H3,(H,23,28). The molecule has 0 aliphatic heterocycles. The Bertz CT molecular complexity index is 1030. The molecule has 0 atom stereocenters. The third-order valence-corrected chi connectivity index (χ3v) is 4.77. The molecule has 2 aromatic heterocycles. The van der Waals surface area contributed by atoms with Crippen molar-refractivity contribution in [2.45, 2.75) is 32.4 Å². The maximum Gasteiger partial charge on any atom is 0.270 e. The molecule has 1 aromatic carbocycles. The van der Waals surface area contributed by atoms with Crippen LogP contribution in [0, 0.1) is 0 Å². The van der Waals surface area contributed by atoms with Gasteiger partial charge < -0.3 is 14.8 Å². The molecule has 0 saturated heterocycles. The summed E-state index contributed by atoms with van der Waals surface area (Å²) in [4.78, 5) is 24.4. The number of aryl methyl sites for hydroxylation is 2. The molecular formula is C22H27N5O4. The average molecular weight is 425 g/mol. The van der Waals surface area contributed by atoms with E-state index < -0.39 is 0 Å². The van der Waals surface area contributed by atoms with E-state index in [0.29, 0.717) is 37.4 Å². The predicted molar refractivity (Wildman–Crippen MR) is 116 cm³/mol. The minimum atomic E-state index is -0.270. The molecule has 0 fully saturated rings. The minimum absolute atomic E-state index is 0.0441. The minimum Gasteiger partial charge on any atom is -0.497 e. The van der Waals surface area contributed by atoms with Crippen molar-refractivity contribution in [3.63, 3.8) is 0 Å². The Morgan fingerprint density at radius 3 is 2.58 bits per heavy atom. The number of hydrogen-bond donors (Lipinski definition) is 1. The number of rotatable bonds is 11. The largest absolute Gasteiger partial charge is 0.497 e. The Labute approximate surface area is 180 Å². The van der Waals surface area contributed by atoms with E-state index in [1.54, 1.807) is 13.3 Å². The topological polar surface area (TPSA) is 100 Å². The molecular weight excluding hydrogens is 398 g/mol. The van der Waals surface area contributed by atoms with Gasteiger partial charge in [0.15, 0.2) is 5.75 Å². The Balaban J connectivity index is 1.54. The SMILES string of the molecule is COc1ccc(-c2nn(CCCC(=O)NCCCn3cccn3)c(=O)cc2OC)cc1. The van der Waals surface area contributed by atoms with Crippen LogP contribution >= 0.6 is 0 Å². The van der Waals surface area contributed by atoms with Gasteiger partial charge in [-0.05, 0) is 43.2 Å². The molecule has 0 aliphatic rings. The van der Waals surface area contributed by atoms with Crippen molar-refractivity contribution >= 4 is 5.91 Å². The average Bonchev–Trinajstić information content (AvgIpc) is 3.31. The summed E-state index contributed by atoms with van der Waals surface area (Å²) in [5.41, 5.74) is 1.10. The molecule has 0 radical (unpaired) electrons. The normalized spacial score (nSPS) is 10.6. The summed E-state index contributed by atoms with van der Waals surface area (Å²) in [6.45, 7) is 1.68. The maximum atomic E-state index is 12.4. The second-order valence-corrected chi connectivity index (χ2v) is 6.93. The van der Waals surface area contributed by atoms with E-state index in [2.05, 4.69) is 15.5 Å². The molecule has 3 rings (SSSR count). The van der Waals surface area contributed by atoms with Crippen LogP contribution in [0.3, 0.4) is 0 Å². The van der Waals surface area contributed by atoms with Gasteiger partial charge >= 0.3 is 0 Å². The lowest BCUT2D eigenvalue weighted by atomic mass is 10.1. The lowest BCUT2D eigenvalue weighted by Gasteiger charge is -2.12. The molecule has 2 heterocycles. The molecule has 0 spiro atoms. The lowest BCUT2D eigenvalue weighted by molar-refractivity contribution is -0.121. The van der Waals surface area contributed by atoms with Gasteiger partial charge in [-0.2, -0.15) is 10.2 Å². The first-order chi connectivity index (χ1) is 15.1. The molecule has 9 nitrogen and oxygen atoms in total. The highest BCUT2D eigenvalue weighted by Crippen LogP contribution is 2.27. The van der Waals surface area contributed by atoms with Crippen molar-refractivity contribution < 1.29 is 14.3 Å². The molecule has 164 valence electrons. The number of carbonyl (C=O) groups excluding carboxylic acids is 1. The van der Waals surface area contributed by atoms with Gasteiger partial charge in [0.2, 0.25) is 5.91 Å². The zero-order chi connectivity index (χ0) is 22.1. The highest BCUT2D eigenvalue weighted by atomic mass is 16.5. The molecule has 3 aromatic rings. The third kappa shape index (κ3) is 6.18. The fourth-order valence-corrected chi connectivity index (χ4v) is 3.12. The van der Waals surface area contributed by atoms with Crippen LogP contribution in [-0.4, -0.2) is 46.2 Å². The quantitative estimate of drug-likeness (QED) is 0.472. The van der Waals surface area contributed by atoms with Gasteiger partial charge in [0, 0.05) is 50.1 Å². The van der Waals surface area contributed by atoms with E-state index in [9.17, 15) is 9.59 Å². The Kier molecular flexibility index (Phi) is 7.80. The van der Waals surface area contributed by atoms with E-state index in [4.69, 9.17) is 9.47 Å². The van der Waals surface area contributed by atoms with Crippen LogP contribution in [0.5, 0.6) is 11.5 Å². The van der Waals surface area contributed by atoms with Gasteiger partial charge in [0.1, 0.15) is 11.4 Å². The molecule has 0 aliphatic carbocycles. The van der Waals surface area contributed by atoms with Crippen molar-refractivity contribution in [2.75, 3.05) is 20.8 Å². The van der Waals surface area contributed by atoms with Gasteiger partial charge in [-0.1, -0.05) is 0 Å². The van der Waals surface area contributed by atoms with Crippen LogP contribution < -0.4 is 20.3 Å². The smallest absolute Gasteiger partial charge is 0.270 e. The van der Waals surface area contributed by atoms with Crippen LogP contribution in [0.1, 0.15) is 19.3 Å². The van der Waals surface area contributed by atoms with E-state index in [-0.39, 0.29) is 11.5 Å². The van der Waals surface area contributed by atoms with Crippen LogP contribution in [0.15, 0.2) is 53.6 Å². The number of amides is 1. The first kappa shape index (κ1) is 22.1. The van der Waals surface area contributed by atoms with Gasteiger partial charge in [0.25, 0.3) is 5.56 Å². The zero-order valence-electron chi connectivity index (χ0n) is 17.8. The van der Waals surface area contributed by atoms with E-state index in [0.717, 1.165) is 24.3 Å². The second-order valence-electron chi connectivity index (χ2n) is 6.93. The van der Waals surface area contributed by atoms with Crippen molar-refractivity contribution in [1.82, 2.24) is 24.9 Å². The van der Waals surface area contributed by atoms with E-state index in [1.807, 2.05) is 41.2 Å². The molecule has 0 unspecified atom stereocenters. The van der Waals surface area contributed by atoms with E-state index >= 15 is 0 Å². The summed E-state index contributed by atoms with van der Waals surface area (Å²) in [5, 5.41) is 11.5. The number of methoxy groups -OCH3 is 2. The van der Waals surface area contributed by atoms with E-state index in [1.165, 1.54) is 17.9 Å². The molecule has 1 N–H and O–H groups in total. The number of nitrogens with one attached hydrogen (secondary N) is 1. The summed E-state index contributed by atoms with van der Waals surface area (Å²) < 4.78 is 13.7. The molecule has 9 heteroatoms. The fraction of sp³-hybridized carbons (Fsp3) is 0.364. The van der Waals surface area contributed by atoms with Crippen LogP contribution in [0.25, 0.3) is 11.3 Å². The first-order valence-corrected chi connectivity index (χ1v) is 10.2. The third-order valence-electron chi connectivity index (χ3n) is 4.77. The highest BCUT2D eigenvalue weighted by molar-refractivity contribution is 5.75. The molecule has 1 amide bonds. The van der Waals surface area contributed by atoms with Crippen LogP contribution in [-0.2, 0) is 17.9 Å². The van der Waals surface area contributed by atoms with Crippen molar-refractivity contribution in [3.05, 3.63) is 59.1 Å². The number of ether oxygens (including phenoxy) is 2.